The van der Waals surface area contributed by atoms with Gasteiger partial charge in [-0.25, -0.2) is 0 Å². The zero-order chi connectivity index (χ0) is 11.5. The Labute approximate surface area is 96.4 Å². The second kappa shape index (κ2) is 12.8. The molecule has 6 nitrogen and oxygen atoms in total. The normalized spacial score (nSPS) is 26.2. The minimum Gasteiger partial charge on any atom is -0.412 e. The lowest BCUT2D eigenvalue weighted by molar-refractivity contribution is 0.186. The van der Waals surface area contributed by atoms with Gasteiger partial charge in [0.25, 0.3) is 0 Å². The zero-order valence-corrected chi connectivity index (χ0v) is 10.0. The van der Waals surface area contributed by atoms with Crippen LogP contribution in [0.3, 0.4) is 0 Å². The summed E-state index contributed by atoms with van der Waals surface area (Å²) in [4.78, 5) is 0. The van der Waals surface area contributed by atoms with Crippen molar-refractivity contribution in [2.24, 2.45) is 0 Å². The second-order valence-electron chi connectivity index (χ2n) is 3.35. The van der Waals surface area contributed by atoms with Crippen LogP contribution in [0.5, 0.6) is 0 Å². The van der Waals surface area contributed by atoms with E-state index >= 15 is 0 Å². The predicted molar refractivity (Wildman–Crippen MR) is 59.4 cm³/mol. The molecule has 0 aromatic rings. The van der Waals surface area contributed by atoms with E-state index in [0.717, 1.165) is 26.4 Å². The van der Waals surface area contributed by atoms with Gasteiger partial charge in [-0.3, -0.25) is 0 Å². The van der Waals surface area contributed by atoms with Crippen LogP contribution in [0.25, 0.3) is 0 Å². The van der Waals surface area contributed by atoms with Crippen molar-refractivity contribution in [2.75, 3.05) is 39.6 Å². The lowest BCUT2D eigenvalue weighted by Crippen LogP contribution is -1.85. The Bertz CT molecular complexity index is 108. The van der Waals surface area contributed by atoms with Crippen LogP contribution in [0.1, 0.15) is 13.8 Å². The SMILES string of the molecule is C1CO1.CC1CO1.CC1CO1.O.OCCO. The molecular weight excluding hydrogens is 216 g/mol. The summed E-state index contributed by atoms with van der Waals surface area (Å²) in [7, 11) is 0. The van der Waals surface area contributed by atoms with E-state index in [1.54, 1.807) is 0 Å². The molecule has 0 amide bonds. The van der Waals surface area contributed by atoms with E-state index in [1.807, 2.05) is 0 Å². The van der Waals surface area contributed by atoms with Gasteiger partial charge in [0, 0.05) is 0 Å². The fourth-order valence-corrected chi connectivity index (χ4v) is 0.192. The quantitative estimate of drug-likeness (QED) is 0.570. The molecule has 0 saturated carbocycles. The van der Waals surface area contributed by atoms with E-state index in [4.69, 9.17) is 19.7 Å². The van der Waals surface area contributed by atoms with Gasteiger partial charge in [0.15, 0.2) is 0 Å². The molecule has 4 N–H and O–H groups in total. The third kappa shape index (κ3) is 37.2. The van der Waals surface area contributed by atoms with Crippen molar-refractivity contribution in [3.05, 3.63) is 0 Å². The highest BCUT2D eigenvalue weighted by Gasteiger charge is 2.13. The summed E-state index contributed by atoms with van der Waals surface area (Å²) in [5.41, 5.74) is 0. The number of rotatable bonds is 1. The minimum atomic E-state index is -0.125. The molecule has 3 saturated heterocycles. The fraction of sp³-hybridized carbons (Fsp3) is 1.00. The first-order valence-electron chi connectivity index (χ1n) is 5.23. The average Bonchev–Trinajstić information content (AvgIpc) is 3.01. The topological polar surface area (TPSA) is 110 Å². The molecule has 100 valence electrons. The summed E-state index contributed by atoms with van der Waals surface area (Å²) < 4.78 is 13.9. The molecule has 0 spiro atoms. The highest BCUT2D eigenvalue weighted by molar-refractivity contribution is 4.58. The number of aliphatic hydroxyl groups is 2. The molecular formula is C10H24O6. The van der Waals surface area contributed by atoms with E-state index in [2.05, 4.69) is 18.6 Å². The van der Waals surface area contributed by atoms with Gasteiger partial charge in [-0.1, -0.05) is 0 Å². The highest BCUT2D eigenvalue weighted by atomic mass is 16.6. The molecule has 3 heterocycles. The summed E-state index contributed by atoms with van der Waals surface area (Å²) in [6, 6.07) is 0. The number of hydrogen-bond donors (Lipinski definition) is 2. The van der Waals surface area contributed by atoms with Crippen molar-refractivity contribution in [2.45, 2.75) is 26.1 Å². The molecule has 2 atom stereocenters. The summed E-state index contributed by atoms with van der Waals surface area (Å²) in [5.74, 6) is 0. The third-order valence-corrected chi connectivity index (χ3v) is 1.30. The van der Waals surface area contributed by atoms with Gasteiger partial charge < -0.3 is 29.9 Å². The molecule has 0 aliphatic carbocycles. The van der Waals surface area contributed by atoms with Crippen LogP contribution in [0.15, 0.2) is 0 Å². The van der Waals surface area contributed by atoms with Crippen molar-refractivity contribution in [3.8, 4) is 0 Å². The molecule has 16 heavy (non-hydrogen) atoms. The molecule has 3 rings (SSSR count). The van der Waals surface area contributed by atoms with Gasteiger partial charge in [0.2, 0.25) is 0 Å². The highest BCUT2D eigenvalue weighted by Crippen LogP contribution is 2.04. The lowest BCUT2D eigenvalue weighted by Gasteiger charge is -1.70. The van der Waals surface area contributed by atoms with Crippen LogP contribution in [-0.2, 0) is 14.2 Å². The second-order valence-corrected chi connectivity index (χ2v) is 3.35. The van der Waals surface area contributed by atoms with Crippen LogP contribution in [0.2, 0.25) is 0 Å². The monoisotopic (exact) mass is 240 g/mol. The Hall–Kier alpha value is -0.240. The lowest BCUT2D eigenvalue weighted by atomic mass is 10.6. The Balaban J connectivity index is 0. The first kappa shape index (κ1) is 18.1. The first-order chi connectivity index (χ1) is 7.20. The molecule has 3 fully saturated rings. The largest absolute Gasteiger partial charge is 0.412 e. The number of aliphatic hydroxyl groups excluding tert-OH is 2. The maximum absolute atomic E-state index is 7.62. The molecule has 0 radical (unpaired) electrons. The van der Waals surface area contributed by atoms with Crippen LogP contribution in [0.4, 0.5) is 0 Å². The van der Waals surface area contributed by atoms with Crippen LogP contribution in [-0.4, -0.2) is 67.5 Å². The first-order valence-corrected chi connectivity index (χ1v) is 5.23. The van der Waals surface area contributed by atoms with Gasteiger partial charge >= 0.3 is 0 Å². The maximum Gasteiger partial charge on any atom is 0.0781 e. The fourth-order valence-electron chi connectivity index (χ4n) is 0.192. The van der Waals surface area contributed by atoms with Gasteiger partial charge in [-0.05, 0) is 13.8 Å². The maximum atomic E-state index is 7.62. The predicted octanol–water partition coefficient (Wildman–Crippen LogP) is -1.03. The Kier molecular flexibility index (Phi) is 14.5. The van der Waals surface area contributed by atoms with Crippen molar-refractivity contribution in [1.82, 2.24) is 0 Å². The van der Waals surface area contributed by atoms with Gasteiger partial charge in [-0.2, -0.15) is 0 Å². The van der Waals surface area contributed by atoms with Crippen LogP contribution < -0.4 is 0 Å². The molecule has 0 bridgehead atoms. The van der Waals surface area contributed by atoms with Crippen molar-refractivity contribution in [3.63, 3.8) is 0 Å². The zero-order valence-electron chi connectivity index (χ0n) is 10.0. The third-order valence-electron chi connectivity index (χ3n) is 1.30. The van der Waals surface area contributed by atoms with E-state index in [0.29, 0.717) is 12.2 Å². The van der Waals surface area contributed by atoms with Crippen molar-refractivity contribution < 1.29 is 29.9 Å². The Morgan fingerprint density at radius 2 is 1.12 bits per heavy atom. The molecule has 2 unspecified atom stereocenters. The van der Waals surface area contributed by atoms with Gasteiger partial charge in [0.05, 0.1) is 51.8 Å². The summed E-state index contributed by atoms with van der Waals surface area (Å²) >= 11 is 0. The average molecular weight is 240 g/mol. The van der Waals surface area contributed by atoms with Crippen LogP contribution in [0, 0.1) is 0 Å². The van der Waals surface area contributed by atoms with E-state index in [1.165, 1.54) is 0 Å². The Morgan fingerprint density at radius 3 is 1.12 bits per heavy atom. The van der Waals surface area contributed by atoms with Gasteiger partial charge in [0.1, 0.15) is 0 Å². The minimum absolute atomic E-state index is 0. The molecule has 0 aromatic heterocycles. The van der Waals surface area contributed by atoms with E-state index in [9.17, 15) is 0 Å². The van der Waals surface area contributed by atoms with E-state index in [-0.39, 0.29) is 18.7 Å². The molecule has 6 heteroatoms. The van der Waals surface area contributed by atoms with Gasteiger partial charge in [-0.15, -0.1) is 0 Å². The smallest absolute Gasteiger partial charge is 0.0781 e. The standard InChI is InChI=1S/2C3H6O.C2H6O2.C2H4O.H2O/c2*1-3-2-4-3;3-1-2-4;1-2-3-1;/h2*3H,2H2,1H3;3-4H,1-2H2;1-2H2;1H2. The molecule has 3 aliphatic heterocycles. The number of ether oxygens (including phenoxy) is 3. The molecule has 3 aliphatic rings. The molecule has 0 aromatic carbocycles. The van der Waals surface area contributed by atoms with Crippen molar-refractivity contribution >= 4 is 0 Å². The van der Waals surface area contributed by atoms with Crippen molar-refractivity contribution in [1.29, 1.82) is 0 Å². The summed E-state index contributed by atoms with van der Waals surface area (Å²) in [6.07, 6.45) is 1.17. The Morgan fingerprint density at radius 1 is 0.938 bits per heavy atom. The number of epoxide rings is 3. The summed E-state index contributed by atoms with van der Waals surface area (Å²) in [6.45, 7) is 7.83. The van der Waals surface area contributed by atoms with Crippen LogP contribution >= 0.6 is 0 Å². The number of hydrogen-bond acceptors (Lipinski definition) is 5. The van der Waals surface area contributed by atoms with E-state index < -0.39 is 0 Å². The summed E-state index contributed by atoms with van der Waals surface area (Å²) in [5, 5.41) is 15.2.